The fourth-order valence-electron chi connectivity index (χ4n) is 2.63. The monoisotopic (exact) mass is 522 g/mol. The Morgan fingerprint density at radius 3 is 1.14 bits per heavy atom. The minimum atomic E-state index is -0.643. The number of carbonyl (C=O) groups is 2. The first-order valence-corrected chi connectivity index (χ1v) is 16.1. The van der Waals surface area contributed by atoms with Gasteiger partial charge in [-0.25, -0.2) is 0 Å². The van der Waals surface area contributed by atoms with Crippen LogP contribution >= 0.6 is 0 Å². The Hall–Kier alpha value is -0.261. The molecule has 0 aromatic carbocycles. The minimum absolute atomic E-state index is 0.111. The van der Waals surface area contributed by atoms with E-state index in [9.17, 15) is 9.59 Å². The average Bonchev–Trinajstić information content (AvgIpc) is 2.69. The SMILES string of the molecule is CCCCC(CC)C(=O)O.CCCCC(CC)C(=O)O.CCC[CH2][Sn][CH2]CCC. The molecule has 0 bridgehead atoms. The molecular weight excluding hydrogens is 471 g/mol. The summed E-state index contributed by atoms with van der Waals surface area (Å²) in [6, 6.07) is 0. The molecule has 2 atom stereocenters. The molecule has 0 saturated carbocycles. The van der Waals surface area contributed by atoms with Gasteiger partial charge in [-0.15, -0.1) is 0 Å². The summed E-state index contributed by atoms with van der Waals surface area (Å²) in [5.74, 6) is -1.51. The molecule has 0 heterocycles. The maximum absolute atomic E-state index is 10.4. The quantitative estimate of drug-likeness (QED) is 0.161. The van der Waals surface area contributed by atoms with Crippen molar-refractivity contribution in [1.82, 2.24) is 0 Å². The van der Waals surface area contributed by atoms with Crippen LogP contribution in [0.4, 0.5) is 0 Å². The molecule has 2 radical (unpaired) electrons. The summed E-state index contributed by atoms with van der Waals surface area (Å²) >= 11 is 0.149. The Morgan fingerprint density at radius 2 is 0.931 bits per heavy atom. The van der Waals surface area contributed by atoms with Crippen LogP contribution in [-0.2, 0) is 9.59 Å². The van der Waals surface area contributed by atoms with Crippen LogP contribution in [0.3, 0.4) is 0 Å². The normalized spacial score (nSPS) is 12.1. The predicted molar refractivity (Wildman–Crippen MR) is 127 cm³/mol. The second-order valence-corrected chi connectivity index (χ2v) is 11.9. The van der Waals surface area contributed by atoms with Gasteiger partial charge in [0.1, 0.15) is 0 Å². The Labute approximate surface area is 191 Å². The van der Waals surface area contributed by atoms with Crippen molar-refractivity contribution in [2.45, 2.75) is 127 Å². The van der Waals surface area contributed by atoms with Gasteiger partial charge in [0.05, 0.1) is 11.8 Å². The second-order valence-electron chi connectivity index (χ2n) is 7.63. The summed E-state index contributed by atoms with van der Waals surface area (Å²) in [6.45, 7) is 12.6. The van der Waals surface area contributed by atoms with Crippen LogP contribution in [0, 0.1) is 11.8 Å². The maximum atomic E-state index is 10.4. The molecule has 29 heavy (non-hydrogen) atoms. The average molecular weight is 521 g/mol. The standard InChI is InChI=1S/2C8H16O2.2C4H9.Sn/c2*1-3-5-6-7(4-2)8(9)10;2*1-3-4-2;/h2*7H,3-6H2,1-2H3,(H,9,10);2*1,3-4H2,2H3;. The van der Waals surface area contributed by atoms with Gasteiger partial charge in [0.25, 0.3) is 0 Å². The number of unbranched alkanes of at least 4 members (excludes halogenated alkanes) is 4. The topological polar surface area (TPSA) is 74.6 Å². The van der Waals surface area contributed by atoms with Crippen molar-refractivity contribution >= 4 is 33.1 Å². The molecule has 0 aliphatic carbocycles. The van der Waals surface area contributed by atoms with Crippen molar-refractivity contribution in [1.29, 1.82) is 0 Å². The summed E-state index contributed by atoms with van der Waals surface area (Å²) in [5, 5.41) is 17.2. The van der Waals surface area contributed by atoms with Gasteiger partial charge in [-0.3, -0.25) is 9.59 Å². The van der Waals surface area contributed by atoms with Crippen LogP contribution in [0.5, 0.6) is 0 Å². The van der Waals surface area contributed by atoms with E-state index in [1.54, 1.807) is 8.87 Å². The Balaban J connectivity index is -0.000000350. The molecule has 2 N–H and O–H groups in total. The zero-order chi connectivity index (χ0) is 22.9. The van der Waals surface area contributed by atoms with E-state index in [1.807, 2.05) is 13.8 Å². The van der Waals surface area contributed by atoms with E-state index in [2.05, 4.69) is 27.7 Å². The molecule has 174 valence electrons. The number of hydrogen-bond acceptors (Lipinski definition) is 2. The van der Waals surface area contributed by atoms with Crippen molar-refractivity contribution in [2.24, 2.45) is 11.8 Å². The van der Waals surface area contributed by atoms with E-state index in [0.717, 1.165) is 51.4 Å². The van der Waals surface area contributed by atoms with Crippen LogP contribution in [0.25, 0.3) is 0 Å². The van der Waals surface area contributed by atoms with Crippen molar-refractivity contribution < 1.29 is 19.8 Å². The van der Waals surface area contributed by atoms with Crippen LogP contribution in [0.2, 0.25) is 8.87 Å². The molecule has 0 aromatic heterocycles. The third kappa shape index (κ3) is 27.7. The predicted octanol–water partition coefficient (Wildman–Crippen LogP) is 7.70. The van der Waals surface area contributed by atoms with Gasteiger partial charge in [0.2, 0.25) is 0 Å². The van der Waals surface area contributed by atoms with E-state index >= 15 is 0 Å². The molecule has 0 fully saturated rings. The molecule has 0 aliphatic heterocycles. The van der Waals surface area contributed by atoms with Gasteiger partial charge in [-0.2, -0.15) is 0 Å². The Bertz CT molecular complexity index is 316. The number of hydrogen-bond donors (Lipinski definition) is 2. The van der Waals surface area contributed by atoms with Gasteiger partial charge in [0.15, 0.2) is 0 Å². The van der Waals surface area contributed by atoms with Gasteiger partial charge in [0, 0.05) is 0 Å². The molecule has 4 nitrogen and oxygen atoms in total. The van der Waals surface area contributed by atoms with E-state index in [-0.39, 0.29) is 33.0 Å². The van der Waals surface area contributed by atoms with Crippen LogP contribution < -0.4 is 0 Å². The van der Waals surface area contributed by atoms with Crippen LogP contribution in [-0.4, -0.2) is 43.3 Å². The molecule has 5 heteroatoms. The van der Waals surface area contributed by atoms with E-state index < -0.39 is 11.9 Å². The first-order chi connectivity index (χ1) is 13.9. The molecule has 0 aromatic rings. The van der Waals surface area contributed by atoms with Crippen molar-refractivity contribution in [3.63, 3.8) is 0 Å². The molecule has 0 rings (SSSR count). The Kier molecular flexibility index (Phi) is 31.9. The van der Waals surface area contributed by atoms with Crippen LogP contribution in [0.15, 0.2) is 0 Å². The molecule has 0 aliphatic rings. The summed E-state index contributed by atoms with van der Waals surface area (Å²) in [5.41, 5.74) is 0. The summed E-state index contributed by atoms with van der Waals surface area (Å²) < 4.78 is 3.25. The first-order valence-electron chi connectivity index (χ1n) is 12.0. The molecule has 0 amide bonds. The van der Waals surface area contributed by atoms with Gasteiger partial charge >= 0.3 is 81.5 Å². The molecular formula is C24H50O4Sn. The van der Waals surface area contributed by atoms with E-state index in [4.69, 9.17) is 10.2 Å². The van der Waals surface area contributed by atoms with E-state index in [0.29, 0.717) is 0 Å². The number of carboxylic acids is 2. The fourth-order valence-corrected chi connectivity index (χ4v) is 6.79. The van der Waals surface area contributed by atoms with Crippen LogP contribution in [0.1, 0.15) is 119 Å². The van der Waals surface area contributed by atoms with E-state index in [1.165, 1.54) is 25.7 Å². The first kappa shape index (κ1) is 33.4. The number of carboxylic acid groups (broad SMARTS) is 2. The second kappa shape index (κ2) is 27.7. The molecule has 0 saturated heterocycles. The van der Waals surface area contributed by atoms with Crippen molar-refractivity contribution in [2.75, 3.05) is 0 Å². The molecule has 2 unspecified atom stereocenters. The van der Waals surface area contributed by atoms with Gasteiger partial charge < -0.3 is 10.2 Å². The number of rotatable bonds is 16. The Morgan fingerprint density at radius 1 is 0.621 bits per heavy atom. The third-order valence-corrected chi connectivity index (χ3v) is 8.95. The zero-order valence-electron chi connectivity index (χ0n) is 20.3. The third-order valence-electron chi connectivity index (χ3n) is 4.91. The summed E-state index contributed by atoms with van der Waals surface area (Å²) in [4.78, 5) is 20.9. The van der Waals surface area contributed by atoms with Gasteiger partial charge in [-0.1, -0.05) is 53.4 Å². The van der Waals surface area contributed by atoms with Crippen molar-refractivity contribution in [3.8, 4) is 0 Å². The number of aliphatic carboxylic acids is 2. The zero-order valence-corrected chi connectivity index (χ0v) is 23.1. The fraction of sp³-hybridized carbons (Fsp3) is 0.917. The summed E-state index contributed by atoms with van der Waals surface area (Å²) in [6.07, 6.45) is 13.3. The molecule has 0 spiro atoms. The summed E-state index contributed by atoms with van der Waals surface area (Å²) in [7, 11) is 0. The van der Waals surface area contributed by atoms with Gasteiger partial charge in [-0.05, 0) is 25.7 Å². The van der Waals surface area contributed by atoms with Crippen molar-refractivity contribution in [3.05, 3.63) is 0 Å².